The molecule has 2 aromatic rings. The number of pyridine rings is 1. The zero-order valence-electron chi connectivity index (χ0n) is 10.5. The smallest absolute Gasteiger partial charge is 0.0705 e. The number of piperidine rings is 1. The van der Waals surface area contributed by atoms with Crippen molar-refractivity contribution in [3.05, 3.63) is 42.1 Å². The lowest BCUT2D eigenvalue weighted by Gasteiger charge is -2.29. The minimum atomic E-state index is 0.125. The maximum atomic E-state index is 6.48. The number of hydrogen-bond acceptors (Lipinski definition) is 3. The summed E-state index contributed by atoms with van der Waals surface area (Å²) in [6, 6.07) is 10.5. The molecule has 0 bridgehead atoms. The molecule has 94 valence electrons. The number of benzene rings is 1. The van der Waals surface area contributed by atoms with Gasteiger partial charge in [-0.05, 0) is 49.5 Å². The van der Waals surface area contributed by atoms with Gasteiger partial charge in [0.1, 0.15) is 0 Å². The molecule has 1 fully saturated rings. The fraction of sp³-hybridized carbons (Fsp3) is 0.400. The Hall–Kier alpha value is -1.45. The molecule has 1 saturated heterocycles. The van der Waals surface area contributed by atoms with Crippen LogP contribution >= 0.6 is 0 Å². The maximum Gasteiger partial charge on any atom is 0.0705 e. The lowest BCUT2D eigenvalue weighted by atomic mass is 9.85. The fourth-order valence-electron chi connectivity index (χ4n) is 2.87. The Kier molecular flexibility index (Phi) is 3.26. The SMILES string of the molecule is N[C@@H](c1ccnc2ccccc12)C1CCNCC1. The highest BCUT2D eigenvalue weighted by Gasteiger charge is 2.22. The van der Waals surface area contributed by atoms with Gasteiger partial charge in [-0.15, -0.1) is 0 Å². The van der Waals surface area contributed by atoms with E-state index >= 15 is 0 Å². The Morgan fingerprint density at radius 2 is 1.94 bits per heavy atom. The molecule has 3 N–H and O–H groups in total. The highest BCUT2D eigenvalue weighted by Crippen LogP contribution is 2.30. The summed E-state index contributed by atoms with van der Waals surface area (Å²) in [4.78, 5) is 4.40. The van der Waals surface area contributed by atoms with E-state index in [0.29, 0.717) is 5.92 Å². The van der Waals surface area contributed by atoms with E-state index in [1.807, 2.05) is 18.3 Å². The summed E-state index contributed by atoms with van der Waals surface area (Å²) in [5.74, 6) is 0.581. The lowest BCUT2D eigenvalue weighted by Crippen LogP contribution is -2.33. The van der Waals surface area contributed by atoms with Gasteiger partial charge in [-0.25, -0.2) is 0 Å². The Morgan fingerprint density at radius 3 is 2.78 bits per heavy atom. The van der Waals surface area contributed by atoms with Crippen molar-refractivity contribution < 1.29 is 0 Å². The number of rotatable bonds is 2. The molecule has 1 aromatic heterocycles. The van der Waals surface area contributed by atoms with E-state index in [2.05, 4.69) is 28.5 Å². The van der Waals surface area contributed by atoms with Gasteiger partial charge in [0.25, 0.3) is 0 Å². The molecular weight excluding hydrogens is 222 g/mol. The number of aromatic nitrogens is 1. The van der Waals surface area contributed by atoms with Crippen molar-refractivity contribution in [2.24, 2.45) is 11.7 Å². The van der Waals surface area contributed by atoms with Gasteiger partial charge in [-0.1, -0.05) is 18.2 Å². The van der Waals surface area contributed by atoms with E-state index in [9.17, 15) is 0 Å². The van der Waals surface area contributed by atoms with E-state index in [0.717, 1.165) is 31.4 Å². The number of fused-ring (bicyclic) bond motifs is 1. The average molecular weight is 241 g/mol. The number of nitrogens with zero attached hydrogens (tertiary/aromatic N) is 1. The van der Waals surface area contributed by atoms with Crippen molar-refractivity contribution >= 4 is 10.9 Å². The van der Waals surface area contributed by atoms with Crippen LogP contribution in [-0.2, 0) is 0 Å². The van der Waals surface area contributed by atoms with Crippen molar-refractivity contribution in [1.82, 2.24) is 10.3 Å². The molecule has 3 rings (SSSR count). The number of para-hydroxylation sites is 1. The van der Waals surface area contributed by atoms with E-state index in [1.54, 1.807) is 0 Å². The first-order chi connectivity index (χ1) is 8.86. The summed E-state index contributed by atoms with van der Waals surface area (Å²) >= 11 is 0. The van der Waals surface area contributed by atoms with E-state index in [4.69, 9.17) is 5.73 Å². The summed E-state index contributed by atoms with van der Waals surface area (Å²) in [6.07, 6.45) is 4.20. The van der Waals surface area contributed by atoms with Crippen LogP contribution in [0.1, 0.15) is 24.4 Å². The van der Waals surface area contributed by atoms with Crippen molar-refractivity contribution in [3.8, 4) is 0 Å². The molecule has 2 heterocycles. The first-order valence-electron chi connectivity index (χ1n) is 6.66. The molecule has 0 aliphatic carbocycles. The van der Waals surface area contributed by atoms with E-state index in [-0.39, 0.29) is 6.04 Å². The molecule has 3 nitrogen and oxygen atoms in total. The topological polar surface area (TPSA) is 50.9 Å². The van der Waals surface area contributed by atoms with Crippen molar-refractivity contribution in [1.29, 1.82) is 0 Å². The van der Waals surface area contributed by atoms with E-state index < -0.39 is 0 Å². The van der Waals surface area contributed by atoms with Gasteiger partial charge in [-0.3, -0.25) is 4.98 Å². The van der Waals surface area contributed by atoms with E-state index in [1.165, 1.54) is 10.9 Å². The van der Waals surface area contributed by atoms with Crippen LogP contribution in [0.5, 0.6) is 0 Å². The van der Waals surface area contributed by atoms with Crippen LogP contribution in [0.3, 0.4) is 0 Å². The summed E-state index contributed by atoms with van der Waals surface area (Å²) < 4.78 is 0. The molecular formula is C15H19N3. The molecule has 1 atom stereocenters. The van der Waals surface area contributed by atoms with Crippen molar-refractivity contribution in [2.75, 3.05) is 13.1 Å². The molecule has 3 heteroatoms. The standard InChI is InChI=1S/C15H19N3/c16-15(11-5-8-17-9-6-11)13-7-10-18-14-4-2-1-3-12(13)14/h1-4,7,10-11,15,17H,5-6,8-9,16H2/t15-/m1/s1. The molecule has 0 unspecified atom stereocenters. The molecule has 1 aliphatic heterocycles. The van der Waals surface area contributed by atoms with Crippen molar-refractivity contribution in [3.63, 3.8) is 0 Å². The van der Waals surface area contributed by atoms with Gasteiger partial charge in [0, 0.05) is 17.6 Å². The lowest BCUT2D eigenvalue weighted by molar-refractivity contribution is 0.323. The third kappa shape index (κ3) is 2.11. The van der Waals surface area contributed by atoms with Gasteiger partial charge in [0.2, 0.25) is 0 Å². The molecule has 1 aliphatic rings. The molecule has 0 spiro atoms. The predicted molar refractivity (Wildman–Crippen MR) is 74.3 cm³/mol. The van der Waals surface area contributed by atoms with Crippen LogP contribution in [0.2, 0.25) is 0 Å². The van der Waals surface area contributed by atoms with Crippen LogP contribution in [0, 0.1) is 5.92 Å². The summed E-state index contributed by atoms with van der Waals surface area (Å²) in [5, 5.41) is 4.59. The summed E-state index contributed by atoms with van der Waals surface area (Å²) in [5.41, 5.74) is 8.76. The van der Waals surface area contributed by atoms with Crippen LogP contribution < -0.4 is 11.1 Å². The van der Waals surface area contributed by atoms with Crippen LogP contribution in [-0.4, -0.2) is 18.1 Å². The summed E-state index contributed by atoms with van der Waals surface area (Å²) in [7, 11) is 0. The largest absolute Gasteiger partial charge is 0.324 e. The van der Waals surface area contributed by atoms with Gasteiger partial charge < -0.3 is 11.1 Å². The quantitative estimate of drug-likeness (QED) is 0.847. The van der Waals surface area contributed by atoms with Gasteiger partial charge in [0.15, 0.2) is 0 Å². The van der Waals surface area contributed by atoms with Crippen molar-refractivity contribution in [2.45, 2.75) is 18.9 Å². The maximum absolute atomic E-state index is 6.48. The number of nitrogens with one attached hydrogen (secondary N) is 1. The normalized spacial score (nSPS) is 18.9. The highest BCUT2D eigenvalue weighted by molar-refractivity contribution is 5.82. The number of nitrogens with two attached hydrogens (primary N) is 1. The molecule has 0 saturated carbocycles. The minimum absolute atomic E-state index is 0.125. The summed E-state index contributed by atoms with van der Waals surface area (Å²) in [6.45, 7) is 2.17. The average Bonchev–Trinajstić information content (AvgIpc) is 2.47. The first kappa shape index (κ1) is 11.6. The fourth-order valence-corrected chi connectivity index (χ4v) is 2.87. The Bertz CT molecular complexity index is 527. The minimum Gasteiger partial charge on any atom is -0.324 e. The number of hydrogen-bond donors (Lipinski definition) is 2. The molecule has 0 amide bonds. The molecule has 1 aromatic carbocycles. The Morgan fingerprint density at radius 1 is 1.17 bits per heavy atom. The van der Waals surface area contributed by atoms with Gasteiger partial charge >= 0.3 is 0 Å². The third-order valence-corrected chi connectivity index (χ3v) is 3.93. The molecule has 18 heavy (non-hydrogen) atoms. The molecule has 0 radical (unpaired) electrons. The Labute approximate surface area is 107 Å². The zero-order valence-corrected chi connectivity index (χ0v) is 10.5. The Balaban J connectivity index is 1.97. The monoisotopic (exact) mass is 241 g/mol. The second-order valence-corrected chi connectivity index (χ2v) is 5.03. The zero-order chi connectivity index (χ0) is 12.4. The highest BCUT2D eigenvalue weighted by atomic mass is 14.9. The van der Waals surface area contributed by atoms with Crippen LogP contribution in [0.4, 0.5) is 0 Å². The third-order valence-electron chi connectivity index (χ3n) is 3.93. The van der Waals surface area contributed by atoms with Gasteiger partial charge in [0.05, 0.1) is 5.52 Å². The van der Waals surface area contributed by atoms with Crippen LogP contribution in [0.25, 0.3) is 10.9 Å². The first-order valence-corrected chi connectivity index (χ1v) is 6.66. The van der Waals surface area contributed by atoms with Gasteiger partial charge in [-0.2, -0.15) is 0 Å². The second kappa shape index (κ2) is 5.04. The van der Waals surface area contributed by atoms with Crippen LogP contribution in [0.15, 0.2) is 36.5 Å². The second-order valence-electron chi connectivity index (χ2n) is 5.03. The predicted octanol–water partition coefficient (Wildman–Crippen LogP) is 2.23.